The maximum absolute atomic E-state index is 11.7. The van der Waals surface area contributed by atoms with Gasteiger partial charge in [0, 0.05) is 29.8 Å². The van der Waals surface area contributed by atoms with E-state index in [0.29, 0.717) is 18.1 Å². The Kier molecular flexibility index (Phi) is 8.62. The van der Waals surface area contributed by atoms with E-state index in [1.807, 2.05) is 69.3 Å². The maximum Gasteiger partial charge on any atom is 0.319 e. The second kappa shape index (κ2) is 11.2. The minimum Gasteiger partial charge on any atom is -0.357 e. The predicted molar refractivity (Wildman–Crippen MR) is 117 cm³/mol. The van der Waals surface area contributed by atoms with E-state index < -0.39 is 0 Å². The number of urea groups is 1. The van der Waals surface area contributed by atoms with E-state index in [-0.39, 0.29) is 12.1 Å². The molecule has 0 aliphatic rings. The molecule has 0 saturated heterocycles. The molecule has 7 heteroatoms. The lowest BCUT2D eigenvalue weighted by atomic mass is 10.2. The van der Waals surface area contributed by atoms with Gasteiger partial charge in [0.1, 0.15) is 0 Å². The average molecular weight is 402 g/mol. The van der Waals surface area contributed by atoms with Crippen LogP contribution in [0.5, 0.6) is 0 Å². The molecule has 0 heterocycles. The van der Waals surface area contributed by atoms with Crippen LogP contribution in [0.25, 0.3) is 0 Å². The van der Waals surface area contributed by atoms with E-state index in [0.717, 1.165) is 29.3 Å². The molecule has 0 atom stereocenters. The number of aliphatic imine (C=N–C) groups is 1. The number of guanidine groups is 1. The molecular formula is C21H28ClN5O. The summed E-state index contributed by atoms with van der Waals surface area (Å²) < 4.78 is 0. The van der Waals surface area contributed by atoms with Gasteiger partial charge in [-0.15, -0.1) is 0 Å². The molecule has 28 heavy (non-hydrogen) atoms. The molecule has 0 aromatic heterocycles. The van der Waals surface area contributed by atoms with Crippen LogP contribution in [0.15, 0.2) is 53.5 Å². The topological polar surface area (TPSA) is 77.6 Å². The third-order valence-electron chi connectivity index (χ3n) is 3.74. The maximum atomic E-state index is 11.7. The molecule has 2 aromatic rings. The Balaban J connectivity index is 1.90. The molecule has 0 fully saturated rings. The highest BCUT2D eigenvalue weighted by molar-refractivity contribution is 6.30. The fraction of sp³-hybridized carbons (Fsp3) is 0.333. The first-order valence-corrected chi connectivity index (χ1v) is 9.77. The van der Waals surface area contributed by atoms with E-state index in [9.17, 15) is 4.79 Å². The van der Waals surface area contributed by atoms with Crippen molar-refractivity contribution in [3.63, 3.8) is 0 Å². The first-order chi connectivity index (χ1) is 13.5. The second-order valence-electron chi connectivity index (χ2n) is 6.63. The average Bonchev–Trinajstić information content (AvgIpc) is 2.64. The number of benzene rings is 2. The first-order valence-electron chi connectivity index (χ1n) is 9.39. The number of hydrogen-bond acceptors (Lipinski definition) is 2. The Morgan fingerprint density at radius 2 is 1.82 bits per heavy atom. The highest BCUT2D eigenvalue weighted by Crippen LogP contribution is 2.12. The van der Waals surface area contributed by atoms with Gasteiger partial charge < -0.3 is 21.3 Å². The molecule has 0 saturated carbocycles. The molecule has 6 nitrogen and oxygen atoms in total. The molecule has 0 bridgehead atoms. The third-order valence-corrected chi connectivity index (χ3v) is 3.98. The molecular weight excluding hydrogens is 374 g/mol. The highest BCUT2D eigenvalue weighted by Gasteiger charge is 2.04. The van der Waals surface area contributed by atoms with Gasteiger partial charge in [-0.05, 0) is 56.2 Å². The molecule has 2 rings (SSSR count). The van der Waals surface area contributed by atoms with Crippen molar-refractivity contribution in [1.82, 2.24) is 16.0 Å². The van der Waals surface area contributed by atoms with Crippen LogP contribution >= 0.6 is 11.6 Å². The van der Waals surface area contributed by atoms with Crippen LogP contribution in [-0.4, -0.2) is 24.6 Å². The highest BCUT2D eigenvalue weighted by atomic mass is 35.5. The van der Waals surface area contributed by atoms with Gasteiger partial charge in [0.15, 0.2) is 5.96 Å². The number of rotatable bonds is 7. The largest absolute Gasteiger partial charge is 0.357 e. The fourth-order valence-electron chi connectivity index (χ4n) is 2.47. The quantitative estimate of drug-likeness (QED) is 0.416. The molecule has 0 aliphatic carbocycles. The fourth-order valence-corrected chi connectivity index (χ4v) is 2.68. The molecule has 0 spiro atoms. The standard InChI is InChI=1S/C21H28ClN5O/c1-4-23-20(25-14-17-6-5-7-18(22)12-17)24-13-16-8-10-19(11-9-16)27-21(28)26-15(2)3/h5-12,15H,4,13-14H2,1-3H3,(H2,23,24,25)(H2,26,27,28). The Bertz CT molecular complexity index is 790. The van der Waals surface area contributed by atoms with Crippen LogP contribution < -0.4 is 21.3 Å². The summed E-state index contributed by atoms with van der Waals surface area (Å²) in [6.07, 6.45) is 0. The number of nitrogens with one attached hydrogen (secondary N) is 4. The lowest BCUT2D eigenvalue weighted by Crippen LogP contribution is -2.36. The normalized spacial score (nSPS) is 11.2. The van der Waals surface area contributed by atoms with Crippen molar-refractivity contribution < 1.29 is 4.79 Å². The second-order valence-corrected chi connectivity index (χ2v) is 7.07. The number of carbonyl (C=O) groups is 1. The van der Waals surface area contributed by atoms with Crippen LogP contribution in [0.3, 0.4) is 0 Å². The molecule has 150 valence electrons. The number of hydrogen-bond donors (Lipinski definition) is 4. The lowest BCUT2D eigenvalue weighted by molar-refractivity contribution is 0.250. The summed E-state index contributed by atoms with van der Waals surface area (Å²) in [6.45, 7) is 7.81. The SMILES string of the molecule is CCNC(=NCc1cccc(Cl)c1)NCc1ccc(NC(=O)NC(C)C)cc1. The Labute approximate surface area is 171 Å². The number of amides is 2. The molecule has 0 aliphatic heterocycles. The number of nitrogens with zero attached hydrogens (tertiary/aromatic N) is 1. The minimum atomic E-state index is -0.205. The van der Waals surface area contributed by atoms with Crippen LogP contribution in [0.2, 0.25) is 5.02 Å². The first kappa shape index (κ1) is 21.6. The van der Waals surface area contributed by atoms with Crippen molar-refractivity contribution in [2.24, 2.45) is 4.99 Å². The summed E-state index contributed by atoms with van der Waals surface area (Å²) in [5.74, 6) is 0.737. The van der Waals surface area contributed by atoms with Gasteiger partial charge in [0.25, 0.3) is 0 Å². The smallest absolute Gasteiger partial charge is 0.319 e. The minimum absolute atomic E-state index is 0.0964. The molecule has 2 amide bonds. The van der Waals surface area contributed by atoms with Crippen molar-refractivity contribution in [2.75, 3.05) is 11.9 Å². The van der Waals surface area contributed by atoms with Crippen LogP contribution in [0, 0.1) is 0 Å². The molecule has 4 N–H and O–H groups in total. The summed E-state index contributed by atoms with van der Waals surface area (Å²) >= 11 is 6.02. The Morgan fingerprint density at radius 3 is 2.46 bits per heavy atom. The predicted octanol–water partition coefficient (Wildman–Crippen LogP) is 4.13. The monoisotopic (exact) mass is 401 g/mol. The van der Waals surface area contributed by atoms with Gasteiger partial charge in [-0.1, -0.05) is 35.9 Å². The van der Waals surface area contributed by atoms with E-state index >= 15 is 0 Å². The van der Waals surface area contributed by atoms with Gasteiger partial charge in [0.2, 0.25) is 0 Å². The van der Waals surface area contributed by atoms with Crippen LogP contribution in [-0.2, 0) is 13.1 Å². The van der Waals surface area contributed by atoms with E-state index in [1.165, 1.54) is 0 Å². The van der Waals surface area contributed by atoms with Gasteiger partial charge in [-0.25, -0.2) is 9.79 Å². The summed E-state index contributed by atoms with van der Waals surface area (Å²) in [5, 5.41) is 12.9. The van der Waals surface area contributed by atoms with E-state index in [1.54, 1.807) is 0 Å². The summed E-state index contributed by atoms with van der Waals surface area (Å²) in [7, 11) is 0. The summed E-state index contributed by atoms with van der Waals surface area (Å²) in [4.78, 5) is 16.3. The molecule has 2 aromatic carbocycles. The van der Waals surface area contributed by atoms with Crippen molar-refractivity contribution in [2.45, 2.75) is 39.9 Å². The van der Waals surface area contributed by atoms with Crippen molar-refractivity contribution in [3.05, 3.63) is 64.7 Å². The van der Waals surface area contributed by atoms with Gasteiger partial charge in [0.05, 0.1) is 6.54 Å². The number of anilines is 1. The van der Waals surface area contributed by atoms with Crippen molar-refractivity contribution in [1.29, 1.82) is 0 Å². The van der Waals surface area contributed by atoms with E-state index in [4.69, 9.17) is 11.6 Å². The van der Waals surface area contributed by atoms with Crippen molar-refractivity contribution >= 4 is 29.3 Å². The third kappa shape index (κ3) is 7.88. The number of carbonyl (C=O) groups excluding carboxylic acids is 1. The van der Waals surface area contributed by atoms with Gasteiger partial charge in [-0.2, -0.15) is 0 Å². The summed E-state index contributed by atoms with van der Waals surface area (Å²) in [6, 6.07) is 15.3. The Hall–Kier alpha value is -2.73. The number of halogens is 1. The van der Waals surface area contributed by atoms with Gasteiger partial charge >= 0.3 is 6.03 Å². The van der Waals surface area contributed by atoms with Crippen LogP contribution in [0.4, 0.5) is 10.5 Å². The van der Waals surface area contributed by atoms with Crippen LogP contribution in [0.1, 0.15) is 31.9 Å². The zero-order chi connectivity index (χ0) is 20.4. The summed E-state index contributed by atoms with van der Waals surface area (Å²) in [5.41, 5.74) is 2.89. The zero-order valence-corrected chi connectivity index (χ0v) is 17.3. The molecule has 0 unspecified atom stereocenters. The lowest BCUT2D eigenvalue weighted by Gasteiger charge is -2.13. The van der Waals surface area contributed by atoms with Crippen molar-refractivity contribution in [3.8, 4) is 0 Å². The van der Waals surface area contributed by atoms with E-state index in [2.05, 4.69) is 26.3 Å². The Morgan fingerprint density at radius 1 is 1.07 bits per heavy atom. The zero-order valence-electron chi connectivity index (χ0n) is 16.6. The molecule has 0 radical (unpaired) electrons. The van der Waals surface area contributed by atoms with Gasteiger partial charge in [-0.3, -0.25) is 0 Å².